The molecule has 2 aliphatic heterocycles. The first-order chi connectivity index (χ1) is 10.3. The molecule has 2 heterocycles. The average molecular weight is 293 g/mol. The molecule has 2 N–H and O–H groups in total. The third kappa shape index (κ3) is 3.16. The Hall–Kier alpha value is -0.120. The zero-order valence-electron chi connectivity index (χ0n) is 14.0. The van der Waals surface area contributed by atoms with E-state index < -0.39 is 0 Å². The summed E-state index contributed by atoms with van der Waals surface area (Å²) >= 11 is 0. The fraction of sp³-hybridized carbons (Fsp3) is 1.00. The lowest BCUT2D eigenvalue weighted by Gasteiger charge is -2.56. The summed E-state index contributed by atoms with van der Waals surface area (Å²) < 4.78 is 0. The Bertz CT molecular complexity index is 320. The second-order valence-electron chi connectivity index (χ2n) is 7.72. The van der Waals surface area contributed by atoms with Crippen molar-refractivity contribution < 1.29 is 0 Å². The van der Waals surface area contributed by atoms with Crippen molar-refractivity contribution in [2.24, 2.45) is 11.7 Å². The zero-order chi connectivity index (χ0) is 14.7. The Balaban J connectivity index is 1.70. The van der Waals surface area contributed by atoms with Crippen molar-refractivity contribution in [1.29, 1.82) is 0 Å². The van der Waals surface area contributed by atoms with Gasteiger partial charge in [-0.3, -0.25) is 4.90 Å². The van der Waals surface area contributed by atoms with E-state index >= 15 is 0 Å². The summed E-state index contributed by atoms with van der Waals surface area (Å²) in [6.07, 6.45) is 12.6. The number of hydrogen-bond donors (Lipinski definition) is 1. The molecular weight excluding hydrogens is 258 g/mol. The largest absolute Gasteiger partial charge is 0.329 e. The van der Waals surface area contributed by atoms with Gasteiger partial charge in [0, 0.05) is 18.1 Å². The molecule has 2 atom stereocenters. The Morgan fingerprint density at radius 2 is 1.71 bits per heavy atom. The van der Waals surface area contributed by atoms with Crippen LogP contribution < -0.4 is 5.73 Å². The summed E-state index contributed by atoms with van der Waals surface area (Å²) in [5, 5.41) is 0. The van der Waals surface area contributed by atoms with Crippen molar-refractivity contribution in [2.75, 3.05) is 32.7 Å². The van der Waals surface area contributed by atoms with Gasteiger partial charge in [0.2, 0.25) is 0 Å². The third-order valence-electron chi connectivity index (χ3n) is 6.56. The molecule has 0 aromatic rings. The standard InChI is InChI=1S/C18H35N3/c1-2-11-20-13-9-18(15-19,10-14-20)21-12-5-7-16-6-3-4-8-17(16)21/h16-17H,2-15,19H2,1H3/t16-,17-/m1/s1. The highest BCUT2D eigenvalue weighted by molar-refractivity contribution is 5.02. The number of nitrogens with zero attached hydrogens (tertiary/aromatic N) is 2. The minimum absolute atomic E-state index is 0.324. The Morgan fingerprint density at radius 3 is 2.43 bits per heavy atom. The Kier molecular flexibility index (Phi) is 5.23. The van der Waals surface area contributed by atoms with Crippen LogP contribution in [0.25, 0.3) is 0 Å². The lowest BCUT2D eigenvalue weighted by Crippen LogP contribution is -2.65. The Morgan fingerprint density at radius 1 is 1.00 bits per heavy atom. The smallest absolute Gasteiger partial charge is 0.0359 e. The van der Waals surface area contributed by atoms with Crippen LogP contribution in [0.4, 0.5) is 0 Å². The summed E-state index contributed by atoms with van der Waals surface area (Å²) in [5.41, 5.74) is 6.67. The molecule has 3 fully saturated rings. The molecule has 0 radical (unpaired) electrons. The number of hydrogen-bond acceptors (Lipinski definition) is 3. The minimum atomic E-state index is 0.324. The molecule has 3 aliphatic rings. The Labute approximate surface area is 131 Å². The van der Waals surface area contributed by atoms with Gasteiger partial charge in [0.05, 0.1) is 0 Å². The summed E-state index contributed by atoms with van der Waals surface area (Å²) in [6, 6.07) is 0.855. The van der Waals surface area contributed by atoms with Gasteiger partial charge in [-0.2, -0.15) is 0 Å². The van der Waals surface area contributed by atoms with Gasteiger partial charge in [0.1, 0.15) is 0 Å². The first-order valence-electron chi connectivity index (χ1n) is 9.48. The highest BCUT2D eigenvalue weighted by Crippen LogP contribution is 2.41. The topological polar surface area (TPSA) is 32.5 Å². The van der Waals surface area contributed by atoms with Crippen molar-refractivity contribution in [3.63, 3.8) is 0 Å². The monoisotopic (exact) mass is 293 g/mol. The van der Waals surface area contributed by atoms with Crippen LogP contribution in [0.2, 0.25) is 0 Å². The van der Waals surface area contributed by atoms with E-state index in [0.29, 0.717) is 5.54 Å². The lowest BCUT2D eigenvalue weighted by atomic mass is 9.74. The first kappa shape index (κ1) is 15.8. The second-order valence-corrected chi connectivity index (χ2v) is 7.72. The van der Waals surface area contributed by atoms with Gasteiger partial charge in [-0.1, -0.05) is 19.8 Å². The van der Waals surface area contributed by atoms with Gasteiger partial charge in [-0.05, 0) is 77.0 Å². The second kappa shape index (κ2) is 6.97. The SMILES string of the molecule is CCCN1CCC(CN)(N2CCC[C@H]3CCCC[C@H]32)CC1. The number of nitrogens with two attached hydrogens (primary N) is 1. The molecule has 0 aromatic carbocycles. The van der Waals surface area contributed by atoms with Gasteiger partial charge in [0.15, 0.2) is 0 Å². The summed E-state index contributed by atoms with van der Waals surface area (Å²) in [6.45, 7) is 8.27. The van der Waals surface area contributed by atoms with Crippen molar-refractivity contribution in [1.82, 2.24) is 9.80 Å². The van der Waals surface area contributed by atoms with E-state index in [1.807, 2.05) is 0 Å². The zero-order valence-corrected chi connectivity index (χ0v) is 14.0. The van der Waals surface area contributed by atoms with Crippen LogP contribution in [0, 0.1) is 5.92 Å². The molecule has 0 amide bonds. The van der Waals surface area contributed by atoms with Crippen LogP contribution in [0.5, 0.6) is 0 Å². The molecule has 3 rings (SSSR count). The van der Waals surface area contributed by atoms with E-state index in [2.05, 4.69) is 16.7 Å². The molecule has 3 nitrogen and oxygen atoms in total. The summed E-state index contributed by atoms with van der Waals surface area (Å²) in [7, 11) is 0. The van der Waals surface area contributed by atoms with Crippen molar-refractivity contribution in [3.05, 3.63) is 0 Å². The molecule has 1 aliphatic carbocycles. The predicted octanol–water partition coefficient (Wildman–Crippen LogP) is 2.84. The van der Waals surface area contributed by atoms with Gasteiger partial charge in [0.25, 0.3) is 0 Å². The van der Waals surface area contributed by atoms with Gasteiger partial charge < -0.3 is 10.6 Å². The quantitative estimate of drug-likeness (QED) is 0.865. The van der Waals surface area contributed by atoms with E-state index in [0.717, 1.165) is 18.5 Å². The molecule has 122 valence electrons. The van der Waals surface area contributed by atoms with E-state index in [-0.39, 0.29) is 0 Å². The van der Waals surface area contributed by atoms with Crippen LogP contribution in [0.15, 0.2) is 0 Å². The van der Waals surface area contributed by atoms with Crippen molar-refractivity contribution in [2.45, 2.75) is 76.3 Å². The highest BCUT2D eigenvalue weighted by atomic mass is 15.3. The van der Waals surface area contributed by atoms with Crippen LogP contribution in [-0.4, -0.2) is 54.1 Å². The maximum atomic E-state index is 6.35. The third-order valence-corrected chi connectivity index (χ3v) is 6.56. The van der Waals surface area contributed by atoms with Gasteiger partial charge >= 0.3 is 0 Å². The van der Waals surface area contributed by atoms with E-state index in [1.165, 1.54) is 84.0 Å². The number of piperidine rings is 2. The normalized spacial score (nSPS) is 34.6. The summed E-state index contributed by atoms with van der Waals surface area (Å²) in [5.74, 6) is 0.976. The molecule has 21 heavy (non-hydrogen) atoms. The van der Waals surface area contributed by atoms with Crippen molar-refractivity contribution in [3.8, 4) is 0 Å². The van der Waals surface area contributed by atoms with E-state index in [4.69, 9.17) is 5.73 Å². The minimum Gasteiger partial charge on any atom is -0.329 e. The van der Waals surface area contributed by atoms with Crippen LogP contribution >= 0.6 is 0 Å². The molecule has 0 spiro atoms. The summed E-state index contributed by atoms with van der Waals surface area (Å²) in [4.78, 5) is 5.56. The van der Waals surface area contributed by atoms with Crippen LogP contribution in [-0.2, 0) is 0 Å². The van der Waals surface area contributed by atoms with Crippen LogP contribution in [0.3, 0.4) is 0 Å². The molecule has 1 saturated carbocycles. The molecular formula is C18H35N3. The molecule has 0 bridgehead atoms. The van der Waals surface area contributed by atoms with E-state index in [1.54, 1.807) is 0 Å². The van der Waals surface area contributed by atoms with Crippen LogP contribution in [0.1, 0.15) is 64.7 Å². The fourth-order valence-corrected chi connectivity index (χ4v) is 5.33. The first-order valence-corrected chi connectivity index (χ1v) is 9.48. The molecule has 0 aromatic heterocycles. The lowest BCUT2D eigenvalue weighted by molar-refractivity contribution is -0.0541. The maximum absolute atomic E-state index is 6.35. The molecule has 0 unspecified atom stereocenters. The number of rotatable bonds is 4. The predicted molar refractivity (Wildman–Crippen MR) is 89.4 cm³/mol. The van der Waals surface area contributed by atoms with Gasteiger partial charge in [-0.15, -0.1) is 0 Å². The number of likely N-dealkylation sites (tertiary alicyclic amines) is 2. The maximum Gasteiger partial charge on any atom is 0.0359 e. The number of fused-ring (bicyclic) bond motifs is 1. The van der Waals surface area contributed by atoms with E-state index in [9.17, 15) is 0 Å². The average Bonchev–Trinajstić information content (AvgIpc) is 2.56. The highest BCUT2D eigenvalue weighted by Gasteiger charge is 2.45. The van der Waals surface area contributed by atoms with Gasteiger partial charge in [-0.25, -0.2) is 0 Å². The fourth-order valence-electron chi connectivity index (χ4n) is 5.33. The van der Waals surface area contributed by atoms with Crippen molar-refractivity contribution >= 4 is 0 Å². The molecule has 2 saturated heterocycles. The molecule has 3 heteroatoms.